The molecule has 2 aromatic rings. The molecule has 21 heavy (non-hydrogen) atoms. The van der Waals surface area contributed by atoms with E-state index in [0.717, 1.165) is 0 Å². The molecule has 0 aromatic heterocycles. The largest absolute Gasteiger partial charge is 0.495 e. The molecule has 2 rings (SSSR count). The smallest absolute Gasteiger partial charge is 0.170 e. The van der Waals surface area contributed by atoms with Crippen LogP contribution in [0.15, 0.2) is 46.9 Å². The molecule has 0 fully saturated rings. The molecule has 1 atom stereocenters. The van der Waals surface area contributed by atoms with Gasteiger partial charge < -0.3 is 14.6 Å². The summed E-state index contributed by atoms with van der Waals surface area (Å²) < 4.78 is 11.1. The molecule has 0 spiro atoms. The molecule has 0 amide bonds. The highest BCUT2D eigenvalue weighted by atomic mass is 79.9. The minimum Gasteiger partial charge on any atom is -0.495 e. The van der Waals surface area contributed by atoms with Crippen molar-refractivity contribution in [3.8, 4) is 11.5 Å². The van der Waals surface area contributed by atoms with Gasteiger partial charge in [0.25, 0.3) is 0 Å². The molecule has 0 heterocycles. The fourth-order valence-corrected chi connectivity index (χ4v) is 2.64. The van der Waals surface area contributed by atoms with Crippen LogP contribution >= 0.6 is 15.9 Å². The summed E-state index contributed by atoms with van der Waals surface area (Å²) in [6.07, 6.45) is 0.504. The fourth-order valence-electron chi connectivity index (χ4n) is 2.08. The Morgan fingerprint density at radius 3 is 2.00 bits per heavy atom. The third-order valence-corrected chi connectivity index (χ3v) is 4.05. The van der Waals surface area contributed by atoms with E-state index in [9.17, 15) is 9.90 Å². The quantitative estimate of drug-likeness (QED) is 0.842. The molecule has 2 aromatic carbocycles. The molecule has 0 bridgehead atoms. The molecule has 110 valence electrons. The zero-order valence-corrected chi connectivity index (χ0v) is 13.3. The molecule has 0 aliphatic heterocycles. The predicted octanol–water partition coefficient (Wildman–Crippen LogP) is 2.90. The van der Waals surface area contributed by atoms with E-state index in [0.29, 0.717) is 33.4 Å². The lowest BCUT2D eigenvalue weighted by Gasteiger charge is -2.24. The lowest BCUT2D eigenvalue weighted by atomic mass is 9.87. The molecule has 0 saturated carbocycles. The van der Waals surface area contributed by atoms with E-state index in [2.05, 4.69) is 15.9 Å². The molecule has 5 heteroatoms. The first-order valence-electron chi connectivity index (χ1n) is 6.23. The van der Waals surface area contributed by atoms with Gasteiger partial charge in [0.15, 0.2) is 11.9 Å². The first kappa shape index (κ1) is 15.5. The zero-order valence-electron chi connectivity index (χ0n) is 11.7. The van der Waals surface area contributed by atoms with E-state index in [1.807, 2.05) is 6.07 Å². The third kappa shape index (κ3) is 2.80. The SMILES string of the molecule is COc1cc(C(O)(C=O)c2ccccc2)cc(OC)c1Br. The molecular formula is C16H15BrO4. The normalized spacial score (nSPS) is 13.3. The Kier molecular flexibility index (Phi) is 4.65. The molecule has 1 N–H and O–H groups in total. The van der Waals surface area contributed by atoms with Crippen LogP contribution in [0.5, 0.6) is 11.5 Å². The van der Waals surface area contributed by atoms with Crippen LogP contribution in [0.4, 0.5) is 0 Å². The molecule has 4 nitrogen and oxygen atoms in total. The van der Waals surface area contributed by atoms with E-state index < -0.39 is 5.60 Å². The highest BCUT2D eigenvalue weighted by Gasteiger charge is 2.32. The van der Waals surface area contributed by atoms with E-state index in [1.165, 1.54) is 14.2 Å². The highest BCUT2D eigenvalue weighted by molar-refractivity contribution is 9.10. The first-order valence-corrected chi connectivity index (χ1v) is 7.02. The number of carbonyl (C=O) groups is 1. The number of halogens is 1. The maximum absolute atomic E-state index is 11.6. The summed E-state index contributed by atoms with van der Waals surface area (Å²) in [5.74, 6) is 0.945. The van der Waals surface area contributed by atoms with Gasteiger partial charge >= 0.3 is 0 Å². The van der Waals surface area contributed by atoms with Crippen molar-refractivity contribution < 1.29 is 19.4 Å². The van der Waals surface area contributed by atoms with Gasteiger partial charge in [-0.1, -0.05) is 30.3 Å². The van der Waals surface area contributed by atoms with Gasteiger partial charge in [0.1, 0.15) is 16.0 Å². The van der Waals surface area contributed by atoms with Gasteiger partial charge in [0, 0.05) is 5.56 Å². The second-order valence-corrected chi connectivity index (χ2v) is 5.24. The van der Waals surface area contributed by atoms with Gasteiger partial charge in [-0.25, -0.2) is 0 Å². The van der Waals surface area contributed by atoms with Crippen molar-refractivity contribution in [1.29, 1.82) is 0 Å². The monoisotopic (exact) mass is 350 g/mol. The van der Waals surface area contributed by atoms with E-state index in [-0.39, 0.29) is 0 Å². The summed E-state index contributed by atoms with van der Waals surface area (Å²) >= 11 is 3.36. The van der Waals surface area contributed by atoms with Crippen LogP contribution < -0.4 is 9.47 Å². The number of benzene rings is 2. The van der Waals surface area contributed by atoms with Gasteiger partial charge in [0.2, 0.25) is 0 Å². The first-order chi connectivity index (χ1) is 10.1. The maximum Gasteiger partial charge on any atom is 0.170 e. The third-order valence-electron chi connectivity index (χ3n) is 3.27. The number of aldehydes is 1. The number of hydrogen-bond donors (Lipinski definition) is 1. The van der Waals surface area contributed by atoms with Crippen molar-refractivity contribution in [1.82, 2.24) is 0 Å². The van der Waals surface area contributed by atoms with Crippen molar-refractivity contribution in [2.75, 3.05) is 14.2 Å². The lowest BCUT2D eigenvalue weighted by Crippen LogP contribution is -2.29. The Bertz CT molecular complexity index is 617. The summed E-state index contributed by atoms with van der Waals surface area (Å²) in [6.45, 7) is 0. The van der Waals surface area contributed by atoms with Crippen LogP contribution in [0.1, 0.15) is 11.1 Å². The lowest BCUT2D eigenvalue weighted by molar-refractivity contribution is -0.121. The summed E-state index contributed by atoms with van der Waals surface area (Å²) in [5, 5.41) is 10.8. The van der Waals surface area contributed by atoms with Crippen LogP contribution in [0.25, 0.3) is 0 Å². The predicted molar refractivity (Wildman–Crippen MR) is 82.8 cm³/mol. The Balaban J connectivity index is 2.65. The van der Waals surface area contributed by atoms with E-state index in [1.54, 1.807) is 36.4 Å². The Hall–Kier alpha value is -1.85. The summed E-state index contributed by atoms with van der Waals surface area (Å²) in [7, 11) is 3.01. The van der Waals surface area contributed by atoms with Crippen LogP contribution in [0, 0.1) is 0 Å². The standard InChI is InChI=1S/C16H15BrO4/c1-20-13-8-12(9-14(21-2)15(13)17)16(19,10-18)11-6-4-3-5-7-11/h3-10,19H,1-2H3. The fraction of sp³-hybridized carbons (Fsp3) is 0.188. The van der Waals surface area contributed by atoms with Gasteiger partial charge in [-0.2, -0.15) is 0 Å². The average Bonchev–Trinajstić information content (AvgIpc) is 2.55. The zero-order chi connectivity index (χ0) is 15.5. The van der Waals surface area contributed by atoms with Crippen LogP contribution in [-0.4, -0.2) is 25.6 Å². The average molecular weight is 351 g/mol. The summed E-state index contributed by atoms with van der Waals surface area (Å²) in [4.78, 5) is 11.6. The van der Waals surface area contributed by atoms with E-state index in [4.69, 9.17) is 9.47 Å². The molecule has 0 aliphatic carbocycles. The topological polar surface area (TPSA) is 55.8 Å². The Labute approximate surface area is 131 Å². The van der Waals surface area contributed by atoms with Gasteiger partial charge in [-0.3, -0.25) is 4.79 Å². The highest BCUT2D eigenvalue weighted by Crippen LogP contribution is 2.40. The van der Waals surface area contributed by atoms with Crippen LogP contribution in [0.3, 0.4) is 0 Å². The number of carbonyl (C=O) groups excluding carboxylic acids is 1. The van der Waals surface area contributed by atoms with Crippen LogP contribution in [-0.2, 0) is 10.4 Å². The molecular weight excluding hydrogens is 336 g/mol. The molecule has 0 radical (unpaired) electrons. The minimum atomic E-state index is -1.76. The summed E-state index contributed by atoms with van der Waals surface area (Å²) in [6, 6.07) is 11.9. The van der Waals surface area contributed by atoms with Crippen molar-refractivity contribution in [3.63, 3.8) is 0 Å². The molecule has 1 unspecified atom stereocenters. The van der Waals surface area contributed by atoms with Crippen molar-refractivity contribution >= 4 is 22.2 Å². The second kappa shape index (κ2) is 6.28. The van der Waals surface area contributed by atoms with Gasteiger partial charge in [-0.05, 0) is 33.6 Å². The Morgan fingerprint density at radius 2 is 1.57 bits per heavy atom. The van der Waals surface area contributed by atoms with Crippen molar-refractivity contribution in [2.24, 2.45) is 0 Å². The van der Waals surface area contributed by atoms with Crippen molar-refractivity contribution in [3.05, 3.63) is 58.1 Å². The van der Waals surface area contributed by atoms with Crippen molar-refractivity contribution in [2.45, 2.75) is 5.60 Å². The van der Waals surface area contributed by atoms with Crippen LogP contribution in [0.2, 0.25) is 0 Å². The van der Waals surface area contributed by atoms with E-state index >= 15 is 0 Å². The Morgan fingerprint density at radius 1 is 1.05 bits per heavy atom. The maximum atomic E-state index is 11.6. The summed E-state index contributed by atoms with van der Waals surface area (Å²) in [5.41, 5.74) is -0.908. The number of rotatable bonds is 5. The van der Waals surface area contributed by atoms with Gasteiger partial charge in [0.05, 0.1) is 14.2 Å². The van der Waals surface area contributed by atoms with Gasteiger partial charge in [-0.15, -0.1) is 0 Å². The number of hydrogen-bond acceptors (Lipinski definition) is 4. The number of methoxy groups -OCH3 is 2. The second-order valence-electron chi connectivity index (χ2n) is 4.45. The number of ether oxygens (including phenoxy) is 2. The minimum absolute atomic E-state index is 0.376. The molecule has 0 saturated heterocycles. The molecule has 0 aliphatic rings. The number of aliphatic hydroxyl groups is 1.